The van der Waals surface area contributed by atoms with Crippen LogP contribution in [0.2, 0.25) is 0 Å². The number of pyridine rings is 1. The molecule has 0 bridgehead atoms. The van der Waals surface area contributed by atoms with Gasteiger partial charge >= 0.3 is 0 Å². The maximum Gasteiger partial charge on any atom is 0.142 e. The van der Waals surface area contributed by atoms with Gasteiger partial charge in [0.25, 0.3) is 0 Å². The van der Waals surface area contributed by atoms with Crippen LogP contribution in [-0.4, -0.2) is 19.6 Å². The predicted molar refractivity (Wildman–Crippen MR) is 78.3 cm³/mol. The Balaban J connectivity index is 2.08. The predicted octanol–water partition coefficient (Wildman–Crippen LogP) is 2.92. The smallest absolute Gasteiger partial charge is 0.142 e. The summed E-state index contributed by atoms with van der Waals surface area (Å²) in [4.78, 5) is 8.64. The van der Waals surface area contributed by atoms with Crippen molar-refractivity contribution in [2.24, 2.45) is 0 Å². The Labute approximate surface area is 117 Å². The van der Waals surface area contributed by atoms with E-state index in [4.69, 9.17) is 0 Å². The molecule has 4 heteroatoms. The van der Waals surface area contributed by atoms with Crippen molar-refractivity contribution in [3.63, 3.8) is 0 Å². The third-order valence-corrected chi connectivity index (χ3v) is 3.43. The quantitative estimate of drug-likeness (QED) is 0.790. The minimum atomic E-state index is -0.732. The molecule has 0 amide bonds. The molecule has 102 valence electrons. The highest BCUT2D eigenvalue weighted by Gasteiger charge is 2.18. The van der Waals surface area contributed by atoms with Gasteiger partial charge in [-0.2, -0.15) is 0 Å². The zero-order valence-corrected chi connectivity index (χ0v) is 11.4. The second-order valence-corrected chi connectivity index (χ2v) is 4.80. The van der Waals surface area contributed by atoms with Crippen molar-refractivity contribution < 1.29 is 5.11 Å². The first kappa shape index (κ1) is 12.8. The number of aliphatic hydroxyl groups is 1. The van der Waals surface area contributed by atoms with Crippen LogP contribution >= 0.6 is 0 Å². The van der Waals surface area contributed by atoms with E-state index in [1.165, 1.54) is 0 Å². The van der Waals surface area contributed by atoms with Gasteiger partial charge in [0, 0.05) is 30.5 Å². The molecular weight excluding hydrogens is 250 g/mol. The Bertz CT molecular complexity index is 715. The van der Waals surface area contributed by atoms with Crippen molar-refractivity contribution in [1.82, 2.24) is 14.5 Å². The highest BCUT2D eigenvalue weighted by atomic mass is 16.3. The molecule has 0 aliphatic heterocycles. The van der Waals surface area contributed by atoms with Crippen LogP contribution in [0.4, 0.5) is 0 Å². The van der Waals surface area contributed by atoms with E-state index < -0.39 is 6.10 Å². The monoisotopic (exact) mass is 267 g/mol. The van der Waals surface area contributed by atoms with E-state index in [-0.39, 0.29) is 0 Å². The first-order chi connectivity index (χ1) is 9.81. The molecule has 0 radical (unpaired) electrons. The number of fused-ring (bicyclic) bond motifs is 1. The molecule has 0 fully saturated rings. The van der Waals surface area contributed by atoms with Crippen molar-refractivity contribution in [2.75, 3.05) is 0 Å². The molecular formula is C16H17N3O. The van der Waals surface area contributed by atoms with Crippen molar-refractivity contribution in [1.29, 1.82) is 0 Å². The van der Waals surface area contributed by atoms with Crippen molar-refractivity contribution >= 4 is 10.9 Å². The number of aromatic nitrogens is 3. The lowest BCUT2D eigenvalue weighted by atomic mass is 10.0. The molecule has 0 spiro atoms. The number of hydrogen-bond donors (Lipinski definition) is 1. The second-order valence-electron chi connectivity index (χ2n) is 4.80. The van der Waals surface area contributed by atoms with Crippen LogP contribution in [0.3, 0.4) is 0 Å². The first-order valence-corrected chi connectivity index (χ1v) is 6.84. The number of aliphatic hydroxyl groups excluding tert-OH is 1. The molecule has 0 aliphatic carbocycles. The fourth-order valence-corrected chi connectivity index (χ4v) is 2.50. The zero-order valence-electron chi connectivity index (χ0n) is 11.4. The van der Waals surface area contributed by atoms with Gasteiger partial charge in [0.2, 0.25) is 0 Å². The number of imidazole rings is 1. The van der Waals surface area contributed by atoms with E-state index in [0.29, 0.717) is 5.82 Å². The summed E-state index contributed by atoms with van der Waals surface area (Å²) in [6, 6.07) is 9.66. The Kier molecular flexibility index (Phi) is 3.48. The fourth-order valence-electron chi connectivity index (χ4n) is 2.50. The highest BCUT2D eigenvalue weighted by Crippen LogP contribution is 2.27. The lowest BCUT2D eigenvalue weighted by Gasteiger charge is -2.15. The van der Waals surface area contributed by atoms with Crippen LogP contribution in [0.15, 0.2) is 48.9 Å². The summed E-state index contributed by atoms with van der Waals surface area (Å²) >= 11 is 0. The second kappa shape index (κ2) is 5.43. The van der Waals surface area contributed by atoms with Crippen LogP contribution in [-0.2, 0) is 6.54 Å². The van der Waals surface area contributed by atoms with E-state index in [2.05, 4.69) is 16.9 Å². The summed E-state index contributed by atoms with van der Waals surface area (Å²) < 4.78 is 2.00. The molecule has 1 aromatic carbocycles. The van der Waals surface area contributed by atoms with E-state index >= 15 is 0 Å². The zero-order chi connectivity index (χ0) is 13.9. The summed E-state index contributed by atoms with van der Waals surface area (Å²) in [5.41, 5.74) is 1.73. The molecule has 3 rings (SSSR count). The highest BCUT2D eigenvalue weighted by molar-refractivity contribution is 5.82. The molecule has 20 heavy (non-hydrogen) atoms. The first-order valence-electron chi connectivity index (χ1n) is 6.84. The van der Waals surface area contributed by atoms with Gasteiger partial charge in [-0.3, -0.25) is 4.98 Å². The van der Waals surface area contributed by atoms with Gasteiger partial charge < -0.3 is 9.67 Å². The Morgan fingerprint density at radius 2 is 2.05 bits per heavy atom. The van der Waals surface area contributed by atoms with Crippen LogP contribution in [0.1, 0.15) is 30.8 Å². The van der Waals surface area contributed by atoms with Crippen molar-refractivity contribution in [3.8, 4) is 0 Å². The van der Waals surface area contributed by atoms with Crippen molar-refractivity contribution in [3.05, 3.63) is 60.3 Å². The van der Waals surface area contributed by atoms with Gasteiger partial charge in [-0.15, -0.1) is 0 Å². The van der Waals surface area contributed by atoms with Crippen LogP contribution in [0.25, 0.3) is 10.9 Å². The van der Waals surface area contributed by atoms with Crippen LogP contribution in [0.5, 0.6) is 0 Å². The van der Waals surface area contributed by atoms with Crippen molar-refractivity contribution in [2.45, 2.75) is 26.0 Å². The van der Waals surface area contributed by atoms with Gasteiger partial charge in [0.05, 0.1) is 5.52 Å². The molecule has 1 unspecified atom stereocenters. The third kappa shape index (κ3) is 2.18. The molecule has 0 saturated heterocycles. The number of nitrogens with zero attached hydrogens (tertiary/aromatic N) is 3. The van der Waals surface area contributed by atoms with E-state index in [1.54, 1.807) is 12.4 Å². The average Bonchev–Trinajstić information content (AvgIpc) is 2.94. The maximum atomic E-state index is 10.7. The SMILES string of the molecule is CCCn1ccnc1C(O)c1cccc2ncccc12. The standard InChI is InChI=1S/C16H17N3O/c1-2-10-19-11-9-18-16(19)15(20)13-5-3-7-14-12(13)6-4-8-17-14/h3-9,11,15,20H,2,10H2,1H3. The summed E-state index contributed by atoms with van der Waals surface area (Å²) in [6.07, 6.45) is 5.68. The third-order valence-electron chi connectivity index (χ3n) is 3.43. The molecule has 0 saturated carbocycles. The lowest BCUT2D eigenvalue weighted by Crippen LogP contribution is -2.10. The number of rotatable bonds is 4. The van der Waals surface area contributed by atoms with E-state index in [1.807, 2.05) is 41.1 Å². The average molecular weight is 267 g/mol. The van der Waals surface area contributed by atoms with Gasteiger partial charge in [-0.05, 0) is 24.1 Å². The summed E-state index contributed by atoms with van der Waals surface area (Å²) in [6.45, 7) is 2.97. The Morgan fingerprint density at radius 1 is 1.15 bits per heavy atom. The Hall–Kier alpha value is -2.20. The van der Waals surface area contributed by atoms with E-state index in [0.717, 1.165) is 29.4 Å². The summed E-state index contributed by atoms with van der Waals surface area (Å²) in [5.74, 6) is 0.684. The number of hydrogen-bond acceptors (Lipinski definition) is 3. The summed E-state index contributed by atoms with van der Waals surface area (Å²) in [7, 11) is 0. The lowest BCUT2D eigenvalue weighted by molar-refractivity contribution is 0.206. The minimum Gasteiger partial charge on any atom is -0.380 e. The summed E-state index contributed by atoms with van der Waals surface area (Å²) in [5, 5.41) is 11.6. The van der Waals surface area contributed by atoms with Gasteiger partial charge in [-0.25, -0.2) is 4.98 Å². The minimum absolute atomic E-state index is 0.684. The Morgan fingerprint density at radius 3 is 2.90 bits per heavy atom. The van der Waals surface area contributed by atoms with Gasteiger partial charge in [0.15, 0.2) is 0 Å². The molecule has 3 aromatic rings. The van der Waals surface area contributed by atoms with Crippen LogP contribution in [0, 0.1) is 0 Å². The largest absolute Gasteiger partial charge is 0.380 e. The molecule has 2 aromatic heterocycles. The number of benzene rings is 1. The van der Waals surface area contributed by atoms with Crippen LogP contribution < -0.4 is 0 Å². The normalized spacial score (nSPS) is 12.7. The fraction of sp³-hybridized carbons (Fsp3) is 0.250. The molecule has 4 nitrogen and oxygen atoms in total. The molecule has 2 heterocycles. The maximum absolute atomic E-state index is 10.7. The molecule has 1 atom stereocenters. The van der Waals surface area contributed by atoms with Gasteiger partial charge in [0.1, 0.15) is 11.9 Å². The van der Waals surface area contributed by atoms with E-state index in [9.17, 15) is 5.11 Å². The van der Waals surface area contributed by atoms with Gasteiger partial charge in [-0.1, -0.05) is 25.1 Å². The molecule has 0 aliphatic rings. The molecule has 1 N–H and O–H groups in total. The number of aryl methyl sites for hydroxylation is 1. The topological polar surface area (TPSA) is 50.9 Å².